The largest absolute Gasteiger partial charge is 0.492 e. The average Bonchev–Trinajstić information content (AvgIpc) is 2.23. The van der Waals surface area contributed by atoms with Crippen LogP contribution in [0.4, 0.5) is 4.39 Å². The van der Waals surface area contributed by atoms with E-state index in [4.69, 9.17) is 0 Å². The van der Waals surface area contributed by atoms with Gasteiger partial charge in [-0.1, -0.05) is 15.9 Å². The summed E-state index contributed by atoms with van der Waals surface area (Å²) in [6, 6.07) is 4.09. The molecule has 0 spiro atoms. The lowest BCUT2D eigenvalue weighted by Crippen LogP contribution is -2.12. The molecule has 2 N–H and O–H groups in total. The topological polar surface area (TPSA) is 66.0 Å². The van der Waals surface area contributed by atoms with E-state index < -0.39 is 11.4 Å². The highest BCUT2D eigenvalue weighted by Crippen LogP contribution is 2.23. The van der Waals surface area contributed by atoms with E-state index in [1.54, 1.807) is 28.7 Å². The predicted molar refractivity (Wildman–Crippen MR) is 72.3 cm³/mol. The molecule has 0 bridgehead atoms. The number of benzene rings is 1. The monoisotopic (exact) mass is 410 g/mol. The Hall–Kier alpha value is -0.960. The summed E-state index contributed by atoms with van der Waals surface area (Å²) in [4.78, 5) is 17.7. The van der Waals surface area contributed by atoms with Crippen molar-refractivity contribution in [2.45, 2.75) is 0 Å². The van der Waals surface area contributed by atoms with Crippen molar-refractivity contribution in [3.8, 4) is 17.3 Å². The molecule has 1 aromatic heterocycles. The third kappa shape index (κ3) is 2.65. The van der Waals surface area contributed by atoms with Crippen molar-refractivity contribution < 1.29 is 9.50 Å². The second-order valence-corrected chi connectivity index (χ2v) is 5.20. The van der Waals surface area contributed by atoms with Crippen molar-refractivity contribution in [3.63, 3.8) is 0 Å². The summed E-state index contributed by atoms with van der Waals surface area (Å²) in [6.07, 6.45) is 0. The molecule has 2 aromatic rings. The van der Waals surface area contributed by atoms with Gasteiger partial charge in [0.25, 0.3) is 5.56 Å². The standard InChI is InChI=1S/C10H5BrFIN2O2/c11-5-1-4(2-6(12)3-5)8-14-9(16)7(13)10(17)15-8/h1-3H,(H2,14,15,16,17). The zero-order valence-electron chi connectivity index (χ0n) is 8.17. The van der Waals surface area contributed by atoms with E-state index in [1.165, 1.54) is 12.1 Å². The molecule has 0 radical (unpaired) electrons. The molecule has 0 aliphatic heterocycles. The molecule has 0 aliphatic carbocycles. The van der Waals surface area contributed by atoms with Crippen molar-refractivity contribution in [1.82, 2.24) is 9.97 Å². The summed E-state index contributed by atoms with van der Waals surface area (Å²) in [7, 11) is 0. The molecule has 17 heavy (non-hydrogen) atoms. The SMILES string of the molecule is O=c1[nH]c(-c2cc(F)cc(Br)c2)nc(O)c1I. The maximum atomic E-state index is 13.2. The number of nitrogens with zero attached hydrogens (tertiary/aromatic N) is 1. The van der Waals surface area contributed by atoms with Crippen LogP contribution in [0, 0.1) is 9.39 Å². The maximum Gasteiger partial charge on any atom is 0.268 e. The normalized spacial score (nSPS) is 10.5. The number of rotatable bonds is 1. The molecule has 7 heteroatoms. The first-order chi connectivity index (χ1) is 7.97. The van der Waals surface area contributed by atoms with Crippen molar-refractivity contribution in [2.24, 2.45) is 0 Å². The quantitative estimate of drug-likeness (QED) is 0.710. The number of halogens is 3. The Kier molecular flexibility index (Phi) is 3.48. The van der Waals surface area contributed by atoms with Gasteiger partial charge in [-0.25, -0.2) is 4.39 Å². The van der Waals surface area contributed by atoms with Crippen LogP contribution in [-0.2, 0) is 0 Å². The second kappa shape index (κ2) is 4.73. The van der Waals surface area contributed by atoms with E-state index in [0.717, 1.165) is 0 Å². The molecule has 1 heterocycles. The number of nitrogens with one attached hydrogen (secondary N) is 1. The number of hydrogen-bond acceptors (Lipinski definition) is 3. The van der Waals surface area contributed by atoms with Crippen molar-refractivity contribution in [3.05, 3.63) is 42.4 Å². The maximum absolute atomic E-state index is 13.2. The van der Waals surface area contributed by atoms with Crippen LogP contribution in [0.5, 0.6) is 5.88 Å². The lowest BCUT2D eigenvalue weighted by Gasteiger charge is -2.03. The lowest BCUT2D eigenvalue weighted by molar-refractivity contribution is 0.447. The molecule has 0 atom stereocenters. The van der Waals surface area contributed by atoms with Crippen molar-refractivity contribution in [2.75, 3.05) is 0 Å². The fourth-order valence-corrected chi connectivity index (χ4v) is 1.99. The molecule has 0 saturated heterocycles. The van der Waals surface area contributed by atoms with Gasteiger partial charge in [-0.2, -0.15) is 4.98 Å². The molecule has 88 valence electrons. The molecule has 2 rings (SSSR count). The average molecular weight is 411 g/mol. The van der Waals surface area contributed by atoms with Crippen LogP contribution in [-0.4, -0.2) is 15.1 Å². The molecule has 4 nitrogen and oxygen atoms in total. The van der Waals surface area contributed by atoms with Crippen LogP contribution < -0.4 is 5.56 Å². The lowest BCUT2D eigenvalue weighted by atomic mass is 10.2. The molecule has 1 aromatic carbocycles. The van der Waals surface area contributed by atoms with E-state index in [1.807, 2.05) is 0 Å². The number of aromatic amines is 1. The van der Waals surface area contributed by atoms with Gasteiger partial charge in [0, 0.05) is 10.0 Å². The Bertz CT molecular complexity index is 624. The number of aromatic hydroxyl groups is 1. The summed E-state index contributed by atoms with van der Waals surface area (Å²) >= 11 is 4.82. The minimum Gasteiger partial charge on any atom is -0.492 e. The zero-order valence-corrected chi connectivity index (χ0v) is 11.9. The van der Waals surface area contributed by atoms with Gasteiger partial charge in [-0.3, -0.25) is 4.79 Å². The van der Waals surface area contributed by atoms with Gasteiger partial charge in [-0.05, 0) is 40.8 Å². The fraction of sp³-hybridized carbons (Fsp3) is 0. The van der Waals surface area contributed by atoms with Crippen LogP contribution in [0.25, 0.3) is 11.4 Å². The van der Waals surface area contributed by atoms with Gasteiger partial charge >= 0.3 is 0 Å². The van der Waals surface area contributed by atoms with Gasteiger partial charge in [0.15, 0.2) is 0 Å². The summed E-state index contributed by atoms with van der Waals surface area (Å²) < 4.78 is 13.8. The van der Waals surface area contributed by atoms with E-state index in [2.05, 4.69) is 25.9 Å². The van der Waals surface area contributed by atoms with Gasteiger partial charge in [0.1, 0.15) is 15.2 Å². The first-order valence-corrected chi connectivity index (χ1v) is 6.30. The Labute approximate surface area is 117 Å². The van der Waals surface area contributed by atoms with Crippen molar-refractivity contribution in [1.29, 1.82) is 0 Å². The predicted octanol–water partition coefficient (Wildman–Crippen LogP) is 2.65. The molecule has 0 saturated carbocycles. The summed E-state index contributed by atoms with van der Waals surface area (Å²) in [5.41, 5.74) is -0.0887. The summed E-state index contributed by atoms with van der Waals surface area (Å²) in [5.74, 6) is -0.715. The molecule has 0 amide bonds. The third-order valence-electron chi connectivity index (χ3n) is 1.98. The van der Waals surface area contributed by atoms with Crippen LogP contribution >= 0.6 is 38.5 Å². The number of H-pyrrole nitrogens is 1. The zero-order chi connectivity index (χ0) is 12.6. The highest BCUT2D eigenvalue weighted by atomic mass is 127. The van der Waals surface area contributed by atoms with Gasteiger partial charge < -0.3 is 10.1 Å². The van der Waals surface area contributed by atoms with Gasteiger partial charge in [0.2, 0.25) is 5.88 Å². The molecule has 0 unspecified atom stereocenters. The van der Waals surface area contributed by atoms with Gasteiger partial charge in [-0.15, -0.1) is 0 Å². The Balaban J connectivity index is 2.65. The number of aromatic nitrogens is 2. The molecule has 0 fully saturated rings. The highest BCUT2D eigenvalue weighted by Gasteiger charge is 2.10. The van der Waals surface area contributed by atoms with E-state index in [9.17, 15) is 14.3 Å². The second-order valence-electron chi connectivity index (χ2n) is 3.21. The Morgan fingerprint density at radius 2 is 2.12 bits per heavy atom. The van der Waals surface area contributed by atoms with Crippen LogP contribution in [0.2, 0.25) is 0 Å². The van der Waals surface area contributed by atoms with E-state index in [-0.39, 0.29) is 15.3 Å². The molecular weight excluding hydrogens is 406 g/mol. The fourth-order valence-electron chi connectivity index (χ4n) is 1.27. The van der Waals surface area contributed by atoms with E-state index in [0.29, 0.717) is 10.0 Å². The summed E-state index contributed by atoms with van der Waals surface area (Å²) in [5, 5.41) is 9.44. The van der Waals surface area contributed by atoms with Gasteiger partial charge in [0.05, 0.1) is 0 Å². The first-order valence-electron chi connectivity index (χ1n) is 4.42. The highest BCUT2D eigenvalue weighted by molar-refractivity contribution is 14.1. The molecular formula is C10H5BrFIN2O2. The van der Waals surface area contributed by atoms with Crippen LogP contribution in [0.1, 0.15) is 0 Å². The minimum atomic E-state index is -0.464. The Morgan fingerprint density at radius 1 is 1.41 bits per heavy atom. The smallest absolute Gasteiger partial charge is 0.268 e. The number of hydrogen-bond donors (Lipinski definition) is 2. The minimum absolute atomic E-state index is 0.0989. The first kappa shape index (κ1) is 12.5. The van der Waals surface area contributed by atoms with Crippen LogP contribution in [0.3, 0.4) is 0 Å². The molecule has 0 aliphatic rings. The van der Waals surface area contributed by atoms with Crippen LogP contribution in [0.15, 0.2) is 27.5 Å². The van der Waals surface area contributed by atoms with E-state index >= 15 is 0 Å². The summed E-state index contributed by atoms with van der Waals surface area (Å²) in [6.45, 7) is 0. The van der Waals surface area contributed by atoms with Crippen molar-refractivity contribution >= 4 is 38.5 Å². The Morgan fingerprint density at radius 3 is 2.71 bits per heavy atom. The third-order valence-corrected chi connectivity index (χ3v) is 3.41.